The van der Waals surface area contributed by atoms with Crippen molar-refractivity contribution in [2.45, 2.75) is 38.6 Å². The van der Waals surface area contributed by atoms with Crippen molar-refractivity contribution in [1.82, 2.24) is 14.9 Å². The highest BCUT2D eigenvalue weighted by atomic mass is 32.2. The van der Waals surface area contributed by atoms with Crippen molar-refractivity contribution < 1.29 is 17.9 Å². The summed E-state index contributed by atoms with van der Waals surface area (Å²) in [5.41, 5.74) is 2.36. The molecule has 1 aliphatic rings. The first-order valence-electron chi connectivity index (χ1n) is 8.88. The summed E-state index contributed by atoms with van der Waals surface area (Å²) in [4.78, 5) is 14.7. The van der Waals surface area contributed by atoms with E-state index in [1.54, 1.807) is 20.8 Å². The molecule has 1 fully saturated rings. The molecule has 0 saturated carbocycles. The average Bonchev–Trinajstić information content (AvgIpc) is 2.53. The number of hydrogen-bond acceptors (Lipinski definition) is 5. The summed E-state index contributed by atoms with van der Waals surface area (Å²) in [6, 6.07) is 2.81. The van der Waals surface area contributed by atoms with Gasteiger partial charge in [0.1, 0.15) is 0 Å². The minimum absolute atomic E-state index is 0.246. The van der Waals surface area contributed by atoms with Gasteiger partial charge in [-0.25, -0.2) is 8.42 Å². The van der Waals surface area contributed by atoms with E-state index in [-0.39, 0.29) is 10.8 Å². The number of sulfonamides is 1. The predicted molar refractivity (Wildman–Crippen MR) is 101 cm³/mol. The van der Waals surface area contributed by atoms with Crippen molar-refractivity contribution in [1.29, 1.82) is 0 Å². The molecular weight excluding hydrogens is 354 g/mol. The van der Waals surface area contributed by atoms with Crippen LogP contribution >= 0.6 is 0 Å². The van der Waals surface area contributed by atoms with Crippen LogP contribution in [0.2, 0.25) is 0 Å². The van der Waals surface area contributed by atoms with Gasteiger partial charge in [-0.05, 0) is 38.8 Å². The third kappa shape index (κ3) is 5.51. The lowest BCUT2D eigenvalue weighted by Crippen LogP contribution is -2.47. The molecule has 0 bridgehead atoms. The standard InChI is InChI=1S/C18H29N3O4S/c1-13-11-14(2)17(15(3)12-13)26(23,24)20-16(4)18(22)19-5-6-21-7-9-25-10-8-21/h11-12,16,20H,5-10H2,1-4H3,(H,19,22). The molecule has 1 aromatic carbocycles. The SMILES string of the molecule is Cc1cc(C)c(S(=O)(=O)NC(C)C(=O)NCCN2CCOCC2)c(C)c1. The molecule has 1 heterocycles. The highest BCUT2D eigenvalue weighted by Gasteiger charge is 2.25. The number of nitrogens with one attached hydrogen (secondary N) is 2. The lowest BCUT2D eigenvalue weighted by atomic mass is 10.1. The van der Waals surface area contributed by atoms with E-state index < -0.39 is 16.1 Å². The highest BCUT2D eigenvalue weighted by Crippen LogP contribution is 2.21. The zero-order valence-corrected chi connectivity index (χ0v) is 16.8. The number of rotatable bonds is 7. The van der Waals surface area contributed by atoms with Crippen LogP contribution in [0.1, 0.15) is 23.6 Å². The van der Waals surface area contributed by atoms with Crippen molar-refractivity contribution in [2.75, 3.05) is 39.4 Å². The first-order chi connectivity index (χ1) is 12.2. The molecule has 1 amide bonds. The number of carbonyl (C=O) groups is 1. The van der Waals surface area contributed by atoms with Crippen LogP contribution in [0.5, 0.6) is 0 Å². The maximum atomic E-state index is 12.7. The minimum atomic E-state index is -3.77. The Kier molecular flexibility index (Phi) is 7.16. The van der Waals surface area contributed by atoms with E-state index in [2.05, 4.69) is 14.9 Å². The first-order valence-corrected chi connectivity index (χ1v) is 10.4. The van der Waals surface area contributed by atoms with Crippen LogP contribution in [0, 0.1) is 20.8 Å². The Morgan fingerprint density at radius 3 is 2.35 bits per heavy atom. The van der Waals surface area contributed by atoms with E-state index in [4.69, 9.17) is 4.74 Å². The van der Waals surface area contributed by atoms with Gasteiger partial charge < -0.3 is 10.1 Å². The second-order valence-electron chi connectivity index (χ2n) is 6.82. The molecule has 7 nitrogen and oxygen atoms in total. The van der Waals surface area contributed by atoms with Crippen molar-refractivity contribution in [3.8, 4) is 0 Å². The van der Waals surface area contributed by atoms with Crippen LogP contribution < -0.4 is 10.0 Å². The molecule has 1 saturated heterocycles. The number of morpholine rings is 1. The fourth-order valence-corrected chi connectivity index (χ4v) is 4.91. The molecule has 26 heavy (non-hydrogen) atoms. The Morgan fingerprint density at radius 2 is 1.77 bits per heavy atom. The molecule has 2 rings (SSSR count). The molecule has 1 atom stereocenters. The summed E-state index contributed by atoms with van der Waals surface area (Å²) in [5, 5.41) is 2.79. The van der Waals surface area contributed by atoms with Gasteiger partial charge >= 0.3 is 0 Å². The van der Waals surface area contributed by atoms with Crippen LogP contribution in [-0.2, 0) is 19.6 Å². The van der Waals surface area contributed by atoms with Crippen LogP contribution in [-0.4, -0.2) is 64.7 Å². The van der Waals surface area contributed by atoms with E-state index in [1.807, 2.05) is 19.1 Å². The average molecular weight is 384 g/mol. The molecule has 1 aliphatic heterocycles. The molecule has 0 aromatic heterocycles. The van der Waals surface area contributed by atoms with Gasteiger partial charge in [0.05, 0.1) is 24.2 Å². The van der Waals surface area contributed by atoms with Crippen LogP contribution in [0.3, 0.4) is 0 Å². The van der Waals surface area contributed by atoms with Gasteiger partial charge in [-0.1, -0.05) is 17.7 Å². The van der Waals surface area contributed by atoms with Gasteiger partial charge in [-0.3, -0.25) is 9.69 Å². The van der Waals surface area contributed by atoms with Crippen LogP contribution in [0.25, 0.3) is 0 Å². The second-order valence-corrected chi connectivity index (χ2v) is 8.47. The number of carbonyl (C=O) groups excluding carboxylic acids is 1. The lowest BCUT2D eigenvalue weighted by Gasteiger charge is -2.26. The van der Waals surface area contributed by atoms with Crippen LogP contribution in [0.4, 0.5) is 0 Å². The lowest BCUT2D eigenvalue weighted by molar-refractivity contribution is -0.122. The molecule has 1 unspecified atom stereocenters. The van der Waals surface area contributed by atoms with Gasteiger partial charge in [0.25, 0.3) is 0 Å². The highest BCUT2D eigenvalue weighted by molar-refractivity contribution is 7.89. The number of ether oxygens (including phenoxy) is 1. The summed E-state index contributed by atoms with van der Waals surface area (Å²) in [6.07, 6.45) is 0. The molecule has 0 aliphatic carbocycles. The van der Waals surface area contributed by atoms with E-state index in [1.165, 1.54) is 0 Å². The van der Waals surface area contributed by atoms with E-state index >= 15 is 0 Å². The van der Waals surface area contributed by atoms with Crippen LogP contribution in [0.15, 0.2) is 17.0 Å². The first kappa shape index (κ1) is 20.8. The Bertz CT molecular complexity index is 720. The Labute approximate surface area is 156 Å². The quantitative estimate of drug-likeness (QED) is 0.725. The van der Waals surface area contributed by atoms with Crippen molar-refractivity contribution in [3.63, 3.8) is 0 Å². The maximum absolute atomic E-state index is 12.7. The van der Waals surface area contributed by atoms with Crippen molar-refractivity contribution >= 4 is 15.9 Å². The Hall–Kier alpha value is -1.48. The molecule has 0 radical (unpaired) electrons. The summed E-state index contributed by atoms with van der Waals surface area (Å²) in [5.74, 6) is -0.329. The van der Waals surface area contributed by atoms with E-state index in [0.717, 1.165) is 25.2 Å². The van der Waals surface area contributed by atoms with Gasteiger partial charge in [0.2, 0.25) is 15.9 Å². The normalized spacial score (nSPS) is 17.1. The maximum Gasteiger partial charge on any atom is 0.241 e. The summed E-state index contributed by atoms with van der Waals surface area (Å²) < 4.78 is 33.2. The van der Waals surface area contributed by atoms with Gasteiger partial charge in [-0.2, -0.15) is 4.72 Å². The summed E-state index contributed by atoms with van der Waals surface area (Å²) in [6.45, 7) is 11.3. The monoisotopic (exact) mass is 383 g/mol. The zero-order valence-electron chi connectivity index (χ0n) is 16.0. The Balaban J connectivity index is 1.92. The molecular formula is C18H29N3O4S. The molecule has 0 spiro atoms. The number of nitrogens with zero attached hydrogens (tertiary/aromatic N) is 1. The fourth-order valence-electron chi connectivity index (χ4n) is 3.25. The summed E-state index contributed by atoms with van der Waals surface area (Å²) in [7, 11) is -3.77. The van der Waals surface area contributed by atoms with E-state index in [9.17, 15) is 13.2 Å². The van der Waals surface area contributed by atoms with Crippen molar-refractivity contribution in [2.24, 2.45) is 0 Å². The predicted octanol–water partition coefficient (Wildman–Crippen LogP) is 0.727. The Morgan fingerprint density at radius 1 is 1.19 bits per heavy atom. The number of amides is 1. The fraction of sp³-hybridized carbons (Fsp3) is 0.611. The number of hydrogen-bond donors (Lipinski definition) is 2. The number of aryl methyl sites for hydroxylation is 3. The topological polar surface area (TPSA) is 87.7 Å². The molecule has 8 heteroatoms. The van der Waals surface area contributed by atoms with Crippen molar-refractivity contribution in [3.05, 3.63) is 28.8 Å². The number of benzene rings is 1. The summed E-state index contributed by atoms with van der Waals surface area (Å²) >= 11 is 0. The molecule has 146 valence electrons. The molecule has 1 aromatic rings. The smallest absolute Gasteiger partial charge is 0.241 e. The van der Waals surface area contributed by atoms with Gasteiger partial charge in [0.15, 0.2) is 0 Å². The van der Waals surface area contributed by atoms with Gasteiger partial charge in [0, 0.05) is 26.2 Å². The largest absolute Gasteiger partial charge is 0.379 e. The third-order valence-corrected chi connectivity index (χ3v) is 6.27. The third-order valence-electron chi connectivity index (χ3n) is 4.43. The zero-order chi connectivity index (χ0) is 19.3. The minimum Gasteiger partial charge on any atom is -0.379 e. The van der Waals surface area contributed by atoms with E-state index in [0.29, 0.717) is 30.9 Å². The van der Waals surface area contributed by atoms with Gasteiger partial charge in [-0.15, -0.1) is 0 Å². The molecule has 2 N–H and O–H groups in total. The second kappa shape index (κ2) is 8.94.